The van der Waals surface area contributed by atoms with Gasteiger partial charge in [0.2, 0.25) is 10.0 Å². The van der Waals surface area contributed by atoms with E-state index < -0.39 is 10.0 Å². The van der Waals surface area contributed by atoms with Crippen molar-refractivity contribution in [1.29, 1.82) is 0 Å². The molecular weight excluding hydrogens is 493 g/mol. The van der Waals surface area contributed by atoms with Gasteiger partial charge in [-0.3, -0.25) is 0 Å². The molecule has 1 saturated heterocycles. The van der Waals surface area contributed by atoms with Gasteiger partial charge in [-0.05, 0) is 30.3 Å². The molecule has 170 valence electrons. The van der Waals surface area contributed by atoms with Crippen molar-refractivity contribution < 1.29 is 17.9 Å². The first-order valence-corrected chi connectivity index (χ1v) is 12.8. The fourth-order valence-electron chi connectivity index (χ4n) is 3.48. The van der Waals surface area contributed by atoms with Gasteiger partial charge in [0.15, 0.2) is 5.13 Å². The van der Waals surface area contributed by atoms with Crippen molar-refractivity contribution in [2.24, 2.45) is 0 Å². The van der Waals surface area contributed by atoms with Crippen molar-refractivity contribution >= 4 is 49.7 Å². The third-order valence-electron chi connectivity index (χ3n) is 5.20. The Morgan fingerprint density at radius 3 is 2.41 bits per heavy atom. The summed E-state index contributed by atoms with van der Waals surface area (Å²) in [5, 5.41) is 3.87. The second kappa shape index (κ2) is 9.44. The van der Waals surface area contributed by atoms with Gasteiger partial charge in [-0.15, -0.1) is 11.3 Å². The summed E-state index contributed by atoms with van der Waals surface area (Å²) in [7, 11) is -0.740. The number of hydrogen-bond donors (Lipinski definition) is 0. The molecule has 0 bridgehead atoms. The zero-order valence-corrected chi connectivity index (χ0v) is 20.6. The normalized spacial score (nSPS) is 15.1. The van der Waals surface area contributed by atoms with Crippen LogP contribution < -0.4 is 14.4 Å². The first kappa shape index (κ1) is 23.1. The van der Waals surface area contributed by atoms with Crippen molar-refractivity contribution in [2.45, 2.75) is 4.90 Å². The number of nitrogens with zero attached hydrogens (tertiary/aromatic N) is 3. The molecule has 1 aliphatic rings. The highest BCUT2D eigenvalue weighted by molar-refractivity contribution is 7.89. The monoisotopic (exact) mass is 513 g/mol. The van der Waals surface area contributed by atoms with E-state index in [2.05, 4.69) is 4.90 Å². The van der Waals surface area contributed by atoms with Crippen molar-refractivity contribution in [1.82, 2.24) is 9.29 Å². The molecule has 1 aromatic heterocycles. The second-order valence-corrected chi connectivity index (χ2v) is 10.6. The molecule has 0 N–H and O–H groups in total. The molecule has 0 unspecified atom stereocenters. The number of ether oxygens (including phenoxy) is 2. The number of sulfonamides is 1. The van der Waals surface area contributed by atoms with Crippen LogP contribution in [0, 0.1) is 0 Å². The largest absolute Gasteiger partial charge is 0.497 e. The lowest BCUT2D eigenvalue weighted by atomic mass is 10.2. The summed E-state index contributed by atoms with van der Waals surface area (Å²) in [6.45, 7) is 1.74. The van der Waals surface area contributed by atoms with E-state index in [4.69, 9.17) is 37.7 Å². The van der Waals surface area contributed by atoms with Gasteiger partial charge in [0.1, 0.15) is 16.4 Å². The number of piperazine rings is 1. The van der Waals surface area contributed by atoms with Gasteiger partial charge in [-0.1, -0.05) is 23.2 Å². The Hall–Kier alpha value is -2.04. The molecule has 0 spiro atoms. The number of benzene rings is 2. The topological polar surface area (TPSA) is 72.0 Å². The van der Waals surface area contributed by atoms with Crippen LogP contribution in [0.5, 0.6) is 11.5 Å². The molecule has 11 heteroatoms. The lowest BCUT2D eigenvalue weighted by molar-refractivity contribution is 0.370. The summed E-state index contributed by atoms with van der Waals surface area (Å²) in [6.07, 6.45) is 0. The van der Waals surface area contributed by atoms with Crippen LogP contribution in [0.25, 0.3) is 11.3 Å². The van der Waals surface area contributed by atoms with Gasteiger partial charge >= 0.3 is 0 Å². The molecule has 7 nitrogen and oxygen atoms in total. The van der Waals surface area contributed by atoms with E-state index in [9.17, 15) is 8.42 Å². The van der Waals surface area contributed by atoms with Gasteiger partial charge < -0.3 is 14.4 Å². The maximum atomic E-state index is 13.2. The number of anilines is 1. The Kier molecular flexibility index (Phi) is 6.83. The fraction of sp³-hybridized carbons (Fsp3) is 0.286. The molecule has 2 aromatic carbocycles. The van der Waals surface area contributed by atoms with Gasteiger partial charge in [-0.2, -0.15) is 4.31 Å². The first-order valence-electron chi connectivity index (χ1n) is 9.71. The summed E-state index contributed by atoms with van der Waals surface area (Å²) in [4.78, 5) is 6.91. The minimum Gasteiger partial charge on any atom is -0.497 e. The van der Waals surface area contributed by atoms with Crippen molar-refractivity contribution in [3.8, 4) is 22.8 Å². The summed E-state index contributed by atoms with van der Waals surface area (Å²) in [6, 6.07) is 10.0. The Morgan fingerprint density at radius 2 is 1.75 bits per heavy atom. The Labute approximate surface area is 201 Å². The molecule has 0 saturated carbocycles. The minimum absolute atomic E-state index is 0.128. The van der Waals surface area contributed by atoms with Crippen molar-refractivity contribution in [3.63, 3.8) is 0 Å². The van der Waals surface area contributed by atoms with E-state index in [0.29, 0.717) is 42.0 Å². The number of methoxy groups -OCH3 is 2. The first-order chi connectivity index (χ1) is 15.3. The fourth-order valence-corrected chi connectivity index (χ4v) is 6.42. The lowest BCUT2D eigenvalue weighted by Crippen LogP contribution is -2.48. The molecular formula is C21H21Cl2N3O4S2. The summed E-state index contributed by atoms with van der Waals surface area (Å²) in [5.74, 6) is 0.794. The zero-order valence-electron chi connectivity index (χ0n) is 17.4. The van der Waals surface area contributed by atoms with E-state index in [1.165, 1.54) is 35.9 Å². The van der Waals surface area contributed by atoms with Crippen LogP contribution in [0.3, 0.4) is 0 Å². The second-order valence-electron chi connectivity index (χ2n) is 7.05. The molecule has 0 atom stereocenters. The van der Waals surface area contributed by atoms with Crippen LogP contribution in [-0.4, -0.2) is 58.1 Å². The van der Waals surface area contributed by atoms with Crippen LogP contribution >= 0.6 is 34.5 Å². The molecule has 0 aliphatic carbocycles. The molecule has 1 aliphatic heterocycles. The number of halogens is 2. The standard InChI is InChI=1S/C21H21Cl2N3O4S2/c1-29-15-4-6-20(19(12-15)30-2)32(27,28)26-9-7-25(8-10-26)21-24-18(13-31-21)16-5-3-14(22)11-17(16)23/h3-6,11-13H,7-10H2,1-2H3. The maximum absolute atomic E-state index is 13.2. The molecule has 3 aromatic rings. The van der Waals surface area contributed by atoms with E-state index in [1.807, 2.05) is 11.4 Å². The average molecular weight is 514 g/mol. The number of aromatic nitrogens is 1. The van der Waals surface area contributed by atoms with E-state index in [0.717, 1.165) is 16.4 Å². The van der Waals surface area contributed by atoms with Crippen LogP contribution in [0.4, 0.5) is 5.13 Å². The number of hydrogen-bond acceptors (Lipinski definition) is 7. The van der Waals surface area contributed by atoms with Crippen LogP contribution in [0.15, 0.2) is 46.7 Å². The van der Waals surface area contributed by atoms with Crippen LogP contribution in [0.1, 0.15) is 0 Å². The molecule has 4 rings (SSSR count). The molecule has 2 heterocycles. The number of rotatable bonds is 6. The van der Waals surface area contributed by atoms with Gasteiger partial charge in [0.05, 0.1) is 24.9 Å². The third kappa shape index (κ3) is 4.53. The Balaban J connectivity index is 1.48. The highest BCUT2D eigenvalue weighted by Gasteiger charge is 2.31. The molecule has 1 fully saturated rings. The summed E-state index contributed by atoms with van der Waals surface area (Å²) >= 11 is 13.8. The average Bonchev–Trinajstić information content (AvgIpc) is 3.28. The third-order valence-corrected chi connectivity index (χ3v) is 8.58. The van der Waals surface area contributed by atoms with Crippen molar-refractivity contribution in [3.05, 3.63) is 51.8 Å². The van der Waals surface area contributed by atoms with Gasteiger partial charge in [0, 0.05) is 48.2 Å². The molecule has 32 heavy (non-hydrogen) atoms. The Morgan fingerprint density at radius 1 is 1.00 bits per heavy atom. The lowest BCUT2D eigenvalue weighted by Gasteiger charge is -2.34. The smallest absolute Gasteiger partial charge is 0.246 e. The van der Waals surface area contributed by atoms with E-state index in [-0.39, 0.29) is 10.6 Å². The maximum Gasteiger partial charge on any atom is 0.246 e. The number of thiazole rings is 1. The van der Waals surface area contributed by atoms with Gasteiger partial charge in [-0.25, -0.2) is 13.4 Å². The predicted molar refractivity (Wildman–Crippen MR) is 128 cm³/mol. The molecule has 0 radical (unpaired) electrons. The highest BCUT2D eigenvalue weighted by atomic mass is 35.5. The van der Waals surface area contributed by atoms with Crippen molar-refractivity contribution in [2.75, 3.05) is 45.3 Å². The Bertz CT molecular complexity index is 1230. The SMILES string of the molecule is COc1ccc(S(=O)(=O)N2CCN(c3nc(-c4ccc(Cl)cc4Cl)cs3)CC2)c(OC)c1. The molecule has 0 amide bonds. The highest BCUT2D eigenvalue weighted by Crippen LogP contribution is 2.35. The predicted octanol–water partition coefficient (Wildman–Crippen LogP) is 4.65. The summed E-state index contributed by atoms with van der Waals surface area (Å²) < 4.78 is 38.4. The van der Waals surface area contributed by atoms with Crippen LogP contribution in [0.2, 0.25) is 10.0 Å². The van der Waals surface area contributed by atoms with Crippen LogP contribution in [-0.2, 0) is 10.0 Å². The zero-order chi connectivity index (χ0) is 22.9. The van der Waals surface area contributed by atoms with E-state index in [1.54, 1.807) is 24.3 Å². The quantitative estimate of drug-likeness (QED) is 0.477. The van der Waals surface area contributed by atoms with E-state index >= 15 is 0 Å². The van der Waals surface area contributed by atoms with Gasteiger partial charge in [0.25, 0.3) is 0 Å². The summed E-state index contributed by atoms with van der Waals surface area (Å²) in [5.41, 5.74) is 1.58. The minimum atomic E-state index is -3.70.